The largest absolute Gasteiger partial charge is 0.465 e. The Morgan fingerprint density at radius 3 is 2.63 bits per heavy atom. The summed E-state index contributed by atoms with van der Waals surface area (Å²) in [5.74, 6) is -0.751. The zero-order valence-electron chi connectivity index (χ0n) is 9.98. The number of carbonyl (C=O) groups is 2. The summed E-state index contributed by atoms with van der Waals surface area (Å²) in [5.41, 5.74) is 0.755. The van der Waals surface area contributed by atoms with Crippen molar-refractivity contribution in [2.45, 2.75) is 0 Å². The van der Waals surface area contributed by atoms with Crippen LogP contribution in [-0.2, 0) is 4.74 Å². The number of anilines is 1. The fourth-order valence-corrected chi connectivity index (χ4v) is 2.96. The van der Waals surface area contributed by atoms with Crippen LogP contribution in [0.1, 0.15) is 20.0 Å². The van der Waals surface area contributed by atoms with Crippen molar-refractivity contribution in [2.24, 2.45) is 0 Å². The van der Waals surface area contributed by atoms with E-state index in [0.717, 1.165) is 4.47 Å². The summed E-state index contributed by atoms with van der Waals surface area (Å²) in [6, 6.07) is 8.51. The lowest BCUT2D eigenvalue weighted by atomic mass is 10.2. The summed E-state index contributed by atoms with van der Waals surface area (Å²) < 4.78 is 5.40. The molecule has 0 bridgehead atoms. The van der Waals surface area contributed by atoms with Crippen LogP contribution in [0.5, 0.6) is 0 Å². The highest BCUT2D eigenvalue weighted by molar-refractivity contribution is 9.10. The quantitative estimate of drug-likeness (QED) is 0.870. The first kappa shape index (κ1) is 13.8. The minimum Gasteiger partial charge on any atom is -0.465 e. The number of ether oxygens (including phenoxy) is 1. The molecule has 98 valence electrons. The normalized spacial score (nSPS) is 10.0. The third-order valence-electron chi connectivity index (χ3n) is 2.40. The summed E-state index contributed by atoms with van der Waals surface area (Å²) in [4.78, 5) is 24.2. The molecule has 0 radical (unpaired) electrons. The van der Waals surface area contributed by atoms with Crippen LogP contribution < -0.4 is 5.32 Å². The van der Waals surface area contributed by atoms with Gasteiger partial charge in [0.2, 0.25) is 0 Å². The number of halogens is 1. The number of para-hydroxylation sites is 1. The van der Waals surface area contributed by atoms with Crippen molar-refractivity contribution in [3.8, 4) is 0 Å². The van der Waals surface area contributed by atoms with E-state index in [-0.39, 0.29) is 5.91 Å². The van der Waals surface area contributed by atoms with Crippen molar-refractivity contribution in [3.05, 3.63) is 50.6 Å². The average molecular weight is 340 g/mol. The Morgan fingerprint density at radius 2 is 2.00 bits per heavy atom. The van der Waals surface area contributed by atoms with E-state index in [1.54, 1.807) is 30.3 Å². The van der Waals surface area contributed by atoms with E-state index in [1.807, 2.05) is 5.38 Å². The van der Waals surface area contributed by atoms with Gasteiger partial charge in [0.25, 0.3) is 5.91 Å². The highest BCUT2D eigenvalue weighted by Gasteiger charge is 2.16. The van der Waals surface area contributed by atoms with Crippen molar-refractivity contribution < 1.29 is 14.3 Å². The zero-order valence-corrected chi connectivity index (χ0v) is 12.4. The molecule has 0 unspecified atom stereocenters. The molecule has 0 saturated carbocycles. The summed E-state index contributed by atoms with van der Waals surface area (Å²) in [7, 11) is 1.30. The van der Waals surface area contributed by atoms with Crippen LogP contribution in [0.3, 0.4) is 0 Å². The molecular formula is C13H10BrNO3S. The smallest absolute Gasteiger partial charge is 0.339 e. The first-order valence-electron chi connectivity index (χ1n) is 5.35. The van der Waals surface area contributed by atoms with Crippen LogP contribution in [0.2, 0.25) is 0 Å². The number of rotatable bonds is 3. The maximum absolute atomic E-state index is 12.1. The van der Waals surface area contributed by atoms with Gasteiger partial charge in [0.05, 0.1) is 18.4 Å². The van der Waals surface area contributed by atoms with Gasteiger partial charge in [-0.1, -0.05) is 12.1 Å². The van der Waals surface area contributed by atoms with Crippen molar-refractivity contribution in [3.63, 3.8) is 0 Å². The molecule has 1 heterocycles. The van der Waals surface area contributed by atoms with Gasteiger partial charge >= 0.3 is 5.97 Å². The molecule has 0 aliphatic rings. The topological polar surface area (TPSA) is 55.4 Å². The molecule has 6 heteroatoms. The number of hydrogen-bond donors (Lipinski definition) is 1. The van der Waals surface area contributed by atoms with Gasteiger partial charge < -0.3 is 10.1 Å². The van der Waals surface area contributed by atoms with Gasteiger partial charge in [-0.15, -0.1) is 11.3 Å². The lowest BCUT2D eigenvalue weighted by Crippen LogP contribution is -2.14. The second-order valence-corrected chi connectivity index (χ2v) is 5.36. The van der Waals surface area contributed by atoms with E-state index < -0.39 is 5.97 Å². The predicted molar refractivity (Wildman–Crippen MR) is 77.8 cm³/mol. The van der Waals surface area contributed by atoms with Crippen LogP contribution in [0.25, 0.3) is 0 Å². The zero-order chi connectivity index (χ0) is 13.8. The first-order chi connectivity index (χ1) is 9.13. The number of benzene rings is 1. The number of nitrogens with one attached hydrogen (secondary N) is 1. The molecular weight excluding hydrogens is 330 g/mol. The van der Waals surface area contributed by atoms with Gasteiger partial charge in [-0.2, -0.15) is 0 Å². The summed E-state index contributed by atoms with van der Waals surface area (Å²) >= 11 is 4.62. The molecule has 1 aromatic heterocycles. The third-order valence-corrected chi connectivity index (χ3v) is 4.24. The standard InChI is InChI=1S/C13H10BrNO3S/c1-18-13(17)8-4-2-3-5-10(8)15-12(16)11-9(14)6-7-19-11/h2-7H,1H3,(H,15,16). The number of amides is 1. The summed E-state index contributed by atoms with van der Waals surface area (Å²) in [6.45, 7) is 0. The maximum atomic E-state index is 12.1. The van der Waals surface area contributed by atoms with Gasteiger partial charge in [0.15, 0.2) is 0 Å². The number of methoxy groups -OCH3 is 1. The second-order valence-electron chi connectivity index (χ2n) is 3.59. The minimum atomic E-state index is -0.485. The van der Waals surface area contributed by atoms with E-state index in [4.69, 9.17) is 0 Å². The summed E-state index contributed by atoms with van der Waals surface area (Å²) in [6.07, 6.45) is 0. The van der Waals surface area contributed by atoms with Gasteiger partial charge in [-0.3, -0.25) is 4.79 Å². The van der Waals surface area contributed by atoms with Crippen LogP contribution in [0, 0.1) is 0 Å². The monoisotopic (exact) mass is 339 g/mol. The van der Waals surface area contributed by atoms with Gasteiger partial charge in [-0.25, -0.2) is 4.79 Å². The Balaban J connectivity index is 2.27. The Kier molecular flexibility index (Phi) is 4.34. The highest BCUT2D eigenvalue weighted by Crippen LogP contribution is 2.24. The molecule has 0 spiro atoms. The Hall–Kier alpha value is -1.66. The number of hydrogen-bond acceptors (Lipinski definition) is 4. The van der Waals surface area contributed by atoms with E-state index in [0.29, 0.717) is 16.1 Å². The lowest BCUT2D eigenvalue weighted by Gasteiger charge is -2.08. The average Bonchev–Trinajstić information content (AvgIpc) is 2.85. The summed E-state index contributed by atoms with van der Waals surface area (Å²) in [5, 5.41) is 4.52. The molecule has 2 rings (SSSR count). The number of carbonyl (C=O) groups excluding carboxylic acids is 2. The molecule has 0 saturated heterocycles. The maximum Gasteiger partial charge on any atom is 0.339 e. The minimum absolute atomic E-state index is 0.266. The van der Waals surface area contributed by atoms with Crippen LogP contribution in [0.15, 0.2) is 40.2 Å². The Morgan fingerprint density at radius 1 is 1.26 bits per heavy atom. The van der Waals surface area contributed by atoms with Crippen molar-refractivity contribution >= 4 is 44.8 Å². The second kappa shape index (κ2) is 5.99. The Labute approximate surface area is 122 Å². The highest BCUT2D eigenvalue weighted by atomic mass is 79.9. The van der Waals surface area contributed by atoms with E-state index in [1.165, 1.54) is 18.4 Å². The number of esters is 1. The molecule has 0 aliphatic heterocycles. The number of thiophene rings is 1. The molecule has 0 atom stereocenters. The van der Waals surface area contributed by atoms with E-state index in [9.17, 15) is 9.59 Å². The third kappa shape index (κ3) is 3.02. The fourth-order valence-electron chi connectivity index (χ4n) is 1.51. The van der Waals surface area contributed by atoms with E-state index >= 15 is 0 Å². The molecule has 1 N–H and O–H groups in total. The Bertz CT molecular complexity index is 624. The van der Waals surface area contributed by atoms with E-state index in [2.05, 4.69) is 26.0 Å². The van der Waals surface area contributed by atoms with Gasteiger partial charge in [0.1, 0.15) is 4.88 Å². The molecule has 0 aliphatic carbocycles. The lowest BCUT2D eigenvalue weighted by molar-refractivity contribution is 0.0602. The molecule has 4 nitrogen and oxygen atoms in total. The van der Waals surface area contributed by atoms with Crippen molar-refractivity contribution in [1.29, 1.82) is 0 Å². The SMILES string of the molecule is COC(=O)c1ccccc1NC(=O)c1sccc1Br. The van der Waals surface area contributed by atoms with Crippen molar-refractivity contribution in [1.82, 2.24) is 0 Å². The van der Waals surface area contributed by atoms with Gasteiger partial charge in [0, 0.05) is 4.47 Å². The molecule has 1 amide bonds. The van der Waals surface area contributed by atoms with Crippen LogP contribution in [0.4, 0.5) is 5.69 Å². The molecule has 2 aromatic rings. The van der Waals surface area contributed by atoms with Crippen LogP contribution in [-0.4, -0.2) is 19.0 Å². The van der Waals surface area contributed by atoms with Crippen molar-refractivity contribution in [2.75, 3.05) is 12.4 Å². The molecule has 0 fully saturated rings. The predicted octanol–water partition coefficient (Wildman–Crippen LogP) is 3.55. The first-order valence-corrected chi connectivity index (χ1v) is 7.02. The van der Waals surface area contributed by atoms with Crippen LogP contribution >= 0.6 is 27.3 Å². The molecule has 19 heavy (non-hydrogen) atoms. The van der Waals surface area contributed by atoms with Gasteiger partial charge in [-0.05, 0) is 39.5 Å². The fraction of sp³-hybridized carbons (Fsp3) is 0.0769. The molecule has 1 aromatic carbocycles.